The predicted octanol–water partition coefficient (Wildman–Crippen LogP) is 3.51. The summed E-state index contributed by atoms with van der Waals surface area (Å²) in [5.74, 6) is -0.172. The Morgan fingerprint density at radius 3 is 3.10 bits per heavy atom. The number of halogens is 1. The fourth-order valence-corrected chi connectivity index (χ4v) is 5.11. The highest BCUT2D eigenvalue weighted by Crippen LogP contribution is 2.46. The van der Waals surface area contributed by atoms with Crippen LogP contribution in [0.4, 0.5) is 4.39 Å². The van der Waals surface area contributed by atoms with Crippen LogP contribution >= 0.6 is 23.1 Å². The Morgan fingerprint density at radius 1 is 1.38 bits per heavy atom. The number of rotatable bonds is 3. The molecule has 0 saturated heterocycles. The lowest BCUT2D eigenvalue weighted by atomic mass is 10.2. The SMILES string of the molecule is OCCC1=C(c2cc3cccc(F)c3s2)N2CCN=C2S1. The van der Waals surface area contributed by atoms with Gasteiger partial charge in [0.2, 0.25) is 0 Å². The summed E-state index contributed by atoms with van der Waals surface area (Å²) in [4.78, 5) is 8.86. The Hall–Kier alpha value is -1.37. The van der Waals surface area contributed by atoms with Gasteiger partial charge in [-0.15, -0.1) is 11.3 Å². The van der Waals surface area contributed by atoms with Gasteiger partial charge in [-0.25, -0.2) is 4.39 Å². The molecule has 108 valence electrons. The fraction of sp³-hybridized carbons (Fsp3) is 0.267. The first-order valence-corrected chi connectivity index (χ1v) is 8.43. The van der Waals surface area contributed by atoms with Crippen LogP contribution in [0, 0.1) is 5.82 Å². The molecule has 0 unspecified atom stereocenters. The van der Waals surface area contributed by atoms with Gasteiger partial charge in [0.1, 0.15) is 5.82 Å². The van der Waals surface area contributed by atoms with Crippen LogP contribution in [0.25, 0.3) is 15.8 Å². The average molecular weight is 320 g/mol. The zero-order chi connectivity index (χ0) is 14.4. The number of hydrogen-bond donors (Lipinski definition) is 1. The van der Waals surface area contributed by atoms with Crippen LogP contribution in [0.15, 0.2) is 34.2 Å². The average Bonchev–Trinajstić information content (AvgIpc) is 3.12. The largest absolute Gasteiger partial charge is 0.396 e. The minimum atomic E-state index is -0.172. The molecule has 2 aliphatic rings. The third kappa shape index (κ3) is 2.09. The molecule has 0 aliphatic carbocycles. The van der Waals surface area contributed by atoms with E-state index in [1.54, 1.807) is 17.8 Å². The van der Waals surface area contributed by atoms with E-state index in [4.69, 9.17) is 0 Å². The molecule has 3 nitrogen and oxygen atoms in total. The van der Waals surface area contributed by atoms with Crippen molar-refractivity contribution in [1.82, 2.24) is 4.90 Å². The van der Waals surface area contributed by atoms with E-state index >= 15 is 0 Å². The lowest BCUT2D eigenvalue weighted by Crippen LogP contribution is -2.19. The summed E-state index contributed by atoms with van der Waals surface area (Å²) in [7, 11) is 0. The fourth-order valence-electron chi connectivity index (χ4n) is 2.72. The van der Waals surface area contributed by atoms with Crippen molar-refractivity contribution in [1.29, 1.82) is 0 Å². The maximum Gasteiger partial charge on any atom is 0.168 e. The number of aliphatic imine (C=N–C) groups is 1. The summed E-state index contributed by atoms with van der Waals surface area (Å²) in [6.07, 6.45) is 0.617. The third-order valence-electron chi connectivity index (χ3n) is 3.62. The number of thioether (sulfide) groups is 1. The summed E-state index contributed by atoms with van der Waals surface area (Å²) < 4.78 is 14.6. The molecule has 0 atom stereocenters. The van der Waals surface area contributed by atoms with E-state index in [1.165, 1.54) is 17.4 Å². The van der Waals surface area contributed by atoms with Gasteiger partial charge in [-0.05, 0) is 17.5 Å². The van der Waals surface area contributed by atoms with Crippen molar-refractivity contribution in [3.05, 3.63) is 39.9 Å². The number of hydrogen-bond acceptors (Lipinski definition) is 5. The van der Waals surface area contributed by atoms with E-state index in [1.807, 2.05) is 12.1 Å². The predicted molar refractivity (Wildman–Crippen MR) is 87.0 cm³/mol. The van der Waals surface area contributed by atoms with Crippen molar-refractivity contribution < 1.29 is 9.50 Å². The van der Waals surface area contributed by atoms with Gasteiger partial charge in [0, 0.05) is 24.5 Å². The number of aliphatic hydroxyl groups is 1. The number of fused-ring (bicyclic) bond motifs is 2. The van der Waals surface area contributed by atoms with Crippen molar-refractivity contribution in [2.24, 2.45) is 4.99 Å². The highest BCUT2D eigenvalue weighted by molar-refractivity contribution is 8.17. The molecule has 0 saturated carbocycles. The van der Waals surface area contributed by atoms with Crippen LogP contribution in [0.3, 0.4) is 0 Å². The normalized spacial score (nSPS) is 17.8. The van der Waals surface area contributed by atoms with Crippen molar-refractivity contribution in [2.45, 2.75) is 6.42 Å². The molecule has 0 fully saturated rings. The number of aliphatic hydroxyl groups excluding tert-OH is 1. The molecular weight excluding hydrogens is 307 g/mol. The summed E-state index contributed by atoms with van der Waals surface area (Å²) >= 11 is 3.11. The van der Waals surface area contributed by atoms with Crippen LogP contribution in [-0.2, 0) is 0 Å². The highest BCUT2D eigenvalue weighted by atomic mass is 32.2. The zero-order valence-electron chi connectivity index (χ0n) is 11.2. The van der Waals surface area contributed by atoms with Gasteiger partial charge < -0.3 is 10.0 Å². The van der Waals surface area contributed by atoms with Gasteiger partial charge in [0.05, 0.1) is 21.8 Å². The number of benzene rings is 1. The van der Waals surface area contributed by atoms with Gasteiger partial charge in [-0.1, -0.05) is 23.9 Å². The maximum absolute atomic E-state index is 13.9. The lowest BCUT2D eigenvalue weighted by Gasteiger charge is -2.15. The second kappa shape index (κ2) is 5.12. The first kappa shape index (κ1) is 13.3. The number of thiophene rings is 1. The molecule has 1 N–H and O–H groups in total. The van der Waals surface area contributed by atoms with Crippen LogP contribution < -0.4 is 0 Å². The van der Waals surface area contributed by atoms with Crippen LogP contribution in [0.5, 0.6) is 0 Å². The van der Waals surface area contributed by atoms with Crippen LogP contribution in [-0.4, -0.2) is 34.9 Å². The molecule has 4 rings (SSSR count). The Labute approximate surface area is 129 Å². The molecule has 21 heavy (non-hydrogen) atoms. The molecule has 0 amide bonds. The maximum atomic E-state index is 13.9. The molecule has 1 aromatic carbocycles. The Kier molecular flexibility index (Phi) is 3.24. The molecule has 1 aromatic heterocycles. The van der Waals surface area contributed by atoms with Crippen molar-refractivity contribution >= 4 is 44.0 Å². The van der Waals surface area contributed by atoms with Gasteiger partial charge >= 0.3 is 0 Å². The minimum Gasteiger partial charge on any atom is -0.396 e. The summed E-state index contributed by atoms with van der Waals surface area (Å²) in [5.41, 5.74) is 1.10. The van der Waals surface area contributed by atoms with Gasteiger partial charge in [0.25, 0.3) is 0 Å². The summed E-state index contributed by atoms with van der Waals surface area (Å²) in [6.45, 7) is 1.78. The van der Waals surface area contributed by atoms with E-state index < -0.39 is 0 Å². The number of nitrogens with zero attached hydrogens (tertiary/aromatic N) is 2. The van der Waals surface area contributed by atoms with Crippen molar-refractivity contribution in [3.8, 4) is 0 Å². The van der Waals surface area contributed by atoms with E-state index in [2.05, 4.69) is 9.89 Å². The Balaban J connectivity index is 1.86. The van der Waals surface area contributed by atoms with Crippen molar-refractivity contribution in [3.63, 3.8) is 0 Å². The smallest absolute Gasteiger partial charge is 0.168 e. The summed E-state index contributed by atoms with van der Waals surface area (Å²) in [5, 5.41) is 11.2. The monoisotopic (exact) mass is 320 g/mol. The van der Waals surface area contributed by atoms with E-state index in [9.17, 15) is 9.50 Å². The highest BCUT2D eigenvalue weighted by Gasteiger charge is 2.33. The van der Waals surface area contributed by atoms with Gasteiger partial charge in [0.15, 0.2) is 5.17 Å². The number of amidine groups is 1. The van der Waals surface area contributed by atoms with E-state index in [0.29, 0.717) is 11.1 Å². The van der Waals surface area contributed by atoms with Gasteiger partial charge in [-0.2, -0.15) is 0 Å². The lowest BCUT2D eigenvalue weighted by molar-refractivity contribution is 0.301. The first-order valence-electron chi connectivity index (χ1n) is 6.80. The third-order valence-corrected chi connectivity index (χ3v) is 5.96. The molecule has 6 heteroatoms. The molecule has 2 aliphatic heterocycles. The molecule has 3 heterocycles. The second-order valence-corrected chi connectivity index (χ2v) is 7.05. The van der Waals surface area contributed by atoms with E-state index in [-0.39, 0.29) is 12.4 Å². The standard InChI is InChI=1S/C15H13FN2OS2/c16-10-3-1-2-9-8-12(20-14(9)10)13-11(4-7-19)21-15-17-5-6-18(13)15/h1-3,8,19H,4-7H2. The zero-order valence-corrected chi connectivity index (χ0v) is 12.8. The van der Waals surface area contributed by atoms with Crippen molar-refractivity contribution in [2.75, 3.05) is 19.7 Å². The van der Waals surface area contributed by atoms with E-state index in [0.717, 1.165) is 39.1 Å². The topological polar surface area (TPSA) is 35.8 Å². The molecule has 2 aromatic rings. The van der Waals surface area contributed by atoms with Crippen LogP contribution in [0.1, 0.15) is 11.3 Å². The molecule has 0 bridgehead atoms. The first-order chi connectivity index (χ1) is 10.3. The second-order valence-electron chi connectivity index (χ2n) is 4.93. The Morgan fingerprint density at radius 2 is 2.29 bits per heavy atom. The summed E-state index contributed by atoms with van der Waals surface area (Å²) in [6, 6.07) is 7.21. The van der Waals surface area contributed by atoms with Gasteiger partial charge in [-0.3, -0.25) is 4.99 Å². The van der Waals surface area contributed by atoms with Crippen LogP contribution in [0.2, 0.25) is 0 Å². The Bertz CT molecular complexity index is 781. The molecule has 0 radical (unpaired) electrons. The minimum absolute atomic E-state index is 0.117. The quantitative estimate of drug-likeness (QED) is 0.940. The molecular formula is C15H13FN2OS2. The molecule has 0 spiro atoms.